The predicted molar refractivity (Wildman–Crippen MR) is 47.3 cm³/mol. The Morgan fingerprint density at radius 2 is 1.85 bits per heavy atom. The smallest absolute Gasteiger partial charge is 0.307 e. The number of rotatable bonds is 2. The maximum absolute atomic E-state index is 10.7. The lowest BCUT2D eigenvalue weighted by Crippen LogP contribution is -2.40. The Bertz CT molecular complexity index is 237. The minimum Gasteiger partial charge on any atom is -0.481 e. The van der Waals surface area contributed by atoms with E-state index in [1.807, 2.05) is 0 Å². The van der Waals surface area contributed by atoms with E-state index in [2.05, 4.69) is 4.90 Å². The summed E-state index contributed by atoms with van der Waals surface area (Å²) < 4.78 is 0. The van der Waals surface area contributed by atoms with Crippen LogP contribution in [0.1, 0.15) is 19.3 Å². The molecular weight excluding hydrogens is 166 g/mol. The fourth-order valence-corrected chi connectivity index (χ4v) is 2.98. The monoisotopic (exact) mass is 181 g/mol. The zero-order valence-corrected chi connectivity index (χ0v) is 7.65. The van der Waals surface area contributed by atoms with Crippen molar-refractivity contribution in [2.45, 2.75) is 25.3 Å². The normalized spacial score (nSPS) is 44.2. The van der Waals surface area contributed by atoms with Crippen molar-refractivity contribution in [1.29, 1.82) is 0 Å². The molecule has 3 rings (SSSR count). The lowest BCUT2D eigenvalue weighted by molar-refractivity contribution is -0.139. The molecule has 0 bridgehead atoms. The SMILES string of the molecule is O=C(O)C1C2CN(C3CCC3)CC21. The molecule has 3 aliphatic rings. The van der Waals surface area contributed by atoms with Crippen LogP contribution in [0.25, 0.3) is 0 Å². The van der Waals surface area contributed by atoms with E-state index in [9.17, 15) is 4.79 Å². The first kappa shape index (κ1) is 7.80. The van der Waals surface area contributed by atoms with Crippen molar-refractivity contribution < 1.29 is 9.90 Å². The number of likely N-dealkylation sites (tertiary alicyclic amines) is 1. The Hall–Kier alpha value is -0.570. The van der Waals surface area contributed by atoms with Crippen LogP contribution in [0, 0.1) is 17.8 Å². The summed E-state index contributed by atoms with van der Waals surface area (Å²) in [5.41, 5.74) is 0. The van der Waals surface area contributed by atoms with Gasteiger partial charge in [-0.05, 0) is 24.7 Å². The molecule has 2 atom stereocenters. The van der Waals surface area contributed by atoms with E-state index in [1.54, 1.807) is 0 Å². The number of piperidine rings is 1. The Morgan fingerprint density at radius 1 is 1.23 bits per heavy atom. The fourth-order valence-electron chi connectivity index (χ4n) is 2.98. The minimum atomic E-state index is -0.566. The molecule has 1 heterocycles. The van der Waals surface area contributed by atoms with Crippen molar-refractivity contribution in [1.82, 2.24) is 4.90 Å². The summed E-state index contributed by atoms with van der Waals surface area (Å²) in [7, 11) is 0. The van der Waals surface area contributed by atoms with E-state index < -0.39 is 5.97 Å². The molecule has 2 aliphatic carbocycles. The highest BCUT2D eigenvalue weighted by Crippen LogP contribution is 2.53. The molecule has 2 saturated carbocycles. The predicted octanol–water partition coefficient (Wildman–Crippen LogP) is 0.801. The van der Waals surface area contributed by atoms with Crippen molar-refractivity contribution in [2.75, 3.05) is 13.1 Å². The van der Waals surface area contributed by atoms with E-state index in [0.717, 1.165) is 19.1 Å². The highest BCUT2D eigenvalue weighted by Gasteiger charge is 2.60. The van der Waals surface area contributed by atoms with E-state index >= 15 is 0 Å². The highest BCUT2D eigenvalue weighted by atomic mass is 16.4. The molecule has 0 spiro atoms. The third kappa shape index (κ3) is 1.03. The Morgan fingerprint density at radius 3 is 2.23 bits per heavy atom. The largest absolute Gasteiger partial charge is 0.481 e. The van der Waals surface area contributed by atoms with E-state index in [0.29, 0.717) is 11.8 Å². The molecular formula is C10H15NO2. The van der Waals surface area contributed by atoms with Gasteiger partial charge in [-0.25, -0.2) is 0 Å². The molecule has 3 nitrogen and oxygen atoms in total. The molecule has 13 heavy (non-hydrogen) atoms. The molecule has 0 aromatic carbocycles. The third-order valence-electron chi connectivity index (χ3n) is 4.10. The van der Waals surface area contributed by atoms with Crippen molar-refractivity contribution >= 4 is 5.97 Å². The summed E-state index contributed by atoms with van der Waals surface area (Å²) in [4.78, 5) is 13.2. The van der Waals surface area contributed by atoms with Crippen LogP contribution in [0.3, 0.4) is 0 Å². The van der Waals surface area contributed by atoms with E-state index in [-0.39, 0.29) is 5.92 Å². The lowest BCUT2D eigenvalue weighted by atomic mass is 9.91. The summed E-state index contributed by atoms with van der Waals surface area (Å²) >= 11 is 0. The van der Waals surface area contributed by atoms with Crippen LogP contribution in [0.5, 0.6) is 0 Å². The average Bonchev–Trinajstić information content (AvgIpc) is 2.46. The maximum atomic E-state index is 10.7. The third-order valence-corrected chi connectivity index (χ3v) is 4.10. The quantitative estimate of drug-likeness (QED) is 0.685. The van der Waals surface area contributed by atoms with E-state index in [1.165, 1.54) is 19.3 Å². The van der Waals surface area contributed by atoms with Gasteiger partial charge in [0, 0.05) is 19.1 Å². The zero-order valence-electron chi connectivity index (χ0n) is 7.65. The molecule has 1 aliphatic heterocycles. The van der Waals surface area contributed by atoms with Crippen molar-refractivity contribution in [3.8, 4) is 0 Å². The molecule has 0 aromatic heterocycles. The van der Waals surface area contributed by atoms with Gasteiger partial charge < -0.3 is 5.11 Å². The van der Waals surface area contributed by atoms with Crippen LogP contribution in [0.2, 0.25) is 0 Å². The Balaban J connectivity index is 1.58. The van der Waals surface area contributed by atoms with Gasteiger partial charge in [-0.15, -0.1) is 0 Å². The van der Waals surface area contributed by atoms with Gasteiger partial charge in [0.15, 0.2) is 0 Å². The summed E-state index contributed by atoms with van der Waals surface area (Å²) in [5.74, 6) is 0.441. The van der Waals surface area contributed by atoms with E-state index in [4.69, 9.17) is 5.11 Å². The van der Waals surface area contributed by atoms with Gasteiger partial charge in [-0.3, -0.25) is 9.69 Å². The van der Waals surface area contributed by atoms with Gasteiger partial charge in [0.1, 0.15) is 0 Å². The van der Waals surface area contributed by atoms with Crippen LogP contribution in [-0.4, -0.2) is 35.1 Å². The first-order valence-corrected chi connectivity index (χ1v) is 5.24. The maximum Gasteiger partial charge on any atom is 0.307 e. The number of carboxylic acids is 1. The van der Waals surface area contributed by atoms with Crippen LogP contribution in [0.15, 0.2) is 0 Å². The first-order chi connectivity index (χ1) is 6.27. The summed E-state index contributed by atoms with van der Waals surface area (Å²) in [6.45, 7) is 2.12. The molecule has 0 radical (unpaired) electrons. The second-order valence-corrected chi connectivity index (χ2v) is 4.73. The molecule has 1 N–H and O–H groups in total. The number of hydrogen-bond acceptors (Lipinski definition) is 2. The first-order valence-electron chi connectivity index (χ1n) is 5.24. The second-order valence-electron chi connectivity index (χ2n) is 4.73. The highest BCUT2D eigenvalue weighted by molar-refractivity contribution is 5.74. The standard InChI is InChI=1S/C10H15NO2/c12-10(13)9-7-4-11(5-8(7)9)6-2-1-3-6/h6-9H,1-5H2,(H,12,13). The molecule has 3 heteroatoms. The van der Waals surface area contributed by atoms with Crippen molar-refractivity contribution in [3.05, 3.63) is 0 Å². The number of fused-ring (bicyclic) bond motifs is 1. The van der Waals surface area contributed by atoms with Crippen molar-refractivity contribution in [3.63, 3.8) is 0 Å². The average molecular weight is 181 g/mol. The molecule has 0 amide bonds. The number of aliphatic carboxylic acids is 1. The van der Waals surface area contributed by atoms with Crippen LogP contribution < -0.4 is 0 Å². The van der Waals surface area contributed by atoms with Gasteiger partial charge >= 0.3 is 5.97 Å². The fraction of sp³-hybridized carbons (Fsp3) is 0.900. The van der Waals surface area contributed by atoms with Crippen molar-refractivity contribution in [2.24, 2.45) is 17.8 Å². The van der Waals surface area contributed by atoms with Crippen LogP contribution in [0.4, 0.5) is 0 Å². The lowest BCUT2D eigenvalue weighted by Gasteiger charge is -2.35. The summed E-state index contributed by atoms with van der Waals surface area (Å²) in [6.07, 6.45) is 4.06. The zero-order chi connectivity index (χ0) is 9.00. The number of carbonyl (C=O) groups is 1. The van der Waals surface area contributed by atoms with Gasteiger partial charge in [0.05, 0.1) is 5.92 Å². The summed E-state index contributed by atoms with van der Waals surface area (Å²) in [6, 6.07) is 0.808. The second kappa shape index (κ2) is 2.47. The molecule has 72 valence electrons. The number of carboxylic acid groups (broad SMARTS) is 1. The topological polar surface area (TPSA) is 40.5 Å². The molecule has 0 aromatic rings. The Kier molecular flexibility index (Phi) is 1.48. The van der Waals surface area contributed by atoms with Gasteiger partial charge in [0.2, 0.25) is 0 Å². The van der Waals surface area contributed by atoms with Crippen LogP contribution in [-0.2, 0) is 4.79 Å². The van der Waals surface area contributed by atoms with Gasteiger partial charge in [-0.2, -0.15) is 0 Å². The van der Waals surface area contributed by atoms with Gasteiger partial charge in [-0.1, -0.05) is 6.42 Å². The van der Waals surface area contributed by atoms with Gasteiger partial charge in [0.25, 0.3) is 0 Å². The molecule has 1 saturated heterocycles. The molecule has 2 unspecified atom stereocenters. The molecule has 3 fully saturated rings. The summed E-state index contributed by atoms with van der Waals surface area (Å²) in [5, 5.41) is 8.84. The number of nitrogens with zero attached hydrogens (tertiary/aromatic N) is 1. The minimum absolute atomic E-state index is 0.0105. The number of hydrogen-bond donors (Lipinski definition) is 1. The van der Waals surface area contributed by atoms with Crippen LogP contribution >= 0.6 is 0 Å². The Labute approximate surface area is 77.7 Å².